The molecule has 0 spiro atoms. The van der Waals surface area contributed by atoms with Gasteiger partial charge in [-0.15, -0.1) is 0 Å². The molecule has 0 aliphatic carbocycles. The van der Waals surface area contributed by atoms with Crippen molar-refractivity contribution in [1.29, 1.82) is 0 Å². The van der Waals surface area contributed by atoms with Crippen molar-refractivity contribution >= 4 is 11.8 Å². The summed E-state index contributed by atoms with van der Waals surface area (Å²) in [5.41, 5.74) is 1.85. The lowest BCUT2D eigenvalue weighted by Gasteiger charge is -2.32. The number of carbonyl (C=O) groups is 2. The second-order valence-electron chi connectivity index (χ2n) is 7.01. The first-order chi connectivity index (χ1) is 13.1. The fourth-order valence-electron chi connectivity index (χ4n) is 3.47. The summed E-state index contributed by atoms with van der Waals surface area (Å²) in [6.07, 6.45) is 2.59. The topological polar surface area (TPSA) is 49.4 Å². The average molecular weight is 368 g/mol. The van der Waals surface area contributed by atoms with Crippen LogP contribution in [0.2, 0.25) is 0 Å². The summed E-state index contributed by atoms with van der Waals surface area (Å²) in [7, 11) is 0. The number of likely N-dealkylation sites (tertiary alicyclic amines) is 1. The van der Waals surface area contributed by atoms with Crippen LogP contribution in [-0.2, 0) is 22.4 Å². The Bertz CT molecular complexity index is 779. The third-order valence-electron chi connectivity index (χ3n) is 4.94. The Labute approximate surface area is 159 Å². The molecule has 3 rings (SSSR count). The van der Waals surface area contributed by atoms with Gasteiger partial charge in [0, 0.05) is 19.6 Å². The van der Waals surface area contributed by atoms with Gasteiger partial charge in [0.15, 0.2) is 0 Å². The molecule has 1 aliphatic rings. The summed E-state index contributed by atoms with van der Waals surface area (Å²) >= 11 is 0. The van der Waals surface area contributed by atoms with Gasteiger partial charge in [-0.25, -0.2) is 4.39 Å². The molecule has 1 aliphatic heterocycles. The van der Waals surface area contributed by atoms with Gasteiger partial charge in [0.05, 0.1) is 12.3 Å². The molecule has 2 amide bonds. The smallest absolute Gasteiger partial charge is 0.227 e. The Morgan fingerprint density at radius 1 is 1.07 bits per heavy atom. The monoisotopic (exact) mass is 368 g/mol. The molecule has 4 nitrogen and oxygen atoms in total. The first-order valence-electron chi connectivity index (χ1n) is 9.45. The summed E-state index contributed by atoms with van der Waals surface area (Å²) in [4.78, 5) is 26.8. The molecule has 1 heterocycles. The van der Waals surface area contributed by atoms with E-state index in [0.717, 1.165) is 24.0 Å². The standard InChI is InChI=1S/C22H25FN2O2/c23-20-10-4-8-18(14-20)11-12-24-22(27)19-9-5-13-25(16-19)21(26)15-17-6-2-1-3-7-17/h1-4,6-8,10,14,19H,5,9,11-13,15-16H2,(H,24,27). The Balaban J connectivity index is 1.46. The molecular formula is C22H25FN2O2. The summed E-state index contributed by atoms with van der Waals surface area (Å²) in [5, 5.41) is 2.93. The lowest BCUT2D eigenvalue weighted by atomic mass is 9.96. The van der Waals surface area contributed by atoms with E-state index in [-0.39, 0.29) is 23.5 Å². The van der Waals surface area contributed by atoms with E-state index in [1.807, 2.05) is 36.4 Å². The fourth-order valence-corrected chi connectivity index (χ4v) is 3.47. The molecule has 1 saturated heterocycles. The van der Waals surface area contributed by atoms with Crippen molar-refractivity contribution in [2.45, 2.75) is 25.7 Å². The van der Waals surface area contributed by atoms with E-state index in [9.17, 15) is 14.0 Å². The first kappa shape index (κ1) is 19.1. The zero-order chi connectivity index (χ0) is 19.1. The fraction of sp³-hybridized carbons (Fsp3) is 0.364. The normalized spacial score (nSPS) is 16.8. The van der Waals surface area contributed by atoms with Crippen LogP contribution in [0.15, 0.2) is 54.6 Å². The zero-order valence-electron chi connectivity index (χ0n) is 15.4. The Morgan fingerprint density at radius 2 is 1.85 bits per heavy atom. The van der Waals surface area contributed by atoms with Gasteiger partial charge in [0.1, 0.15) is 5.82 Å². The third kappa shape index (κ3) is 5.64. The summed E-state index contributed by atoms with van der Waals surface area (Å²) in [5.74, 6) is -0.397. The number of nitrogens with zero attached hydrogens (tertiary/aromatic N) is 1. The van der Waals surface area contributed by atoms with Crippen LogP contribution >= 0.6 is 0 Å². The van der Waals surface area contributed by atoms with Gasteiger partial charge in [0.2, 0.25) is 11.8 Å². The number of hydrogen-bond acceptors (Lipinski definition) is 2. The van der Waals surface area contributed by atoms with Gasteiger partial charge >= 0.3 is 0 Å². The number of amides is 2. The highest BCUT2D eigenvalue weighted by Gasteiger charge is 2.28. The van der Waals surface area contributed by atoms with Crippen LogP contribution < -0.4 is 5.32 Å². The zero-order valence-corrected chi connectivity index (χ0v) is 15.4. The van der Waals surface area contributed by atoms with Crippen LogP contribution in [-0.4, -0.2) is 36.3 Å². The number of rotatable bonds is 6. The van der Waals surface area contributed by atoms with E-state index < -0.39 is 0 Å². The first-order valence-corrected chi connectivity index (χ1v) is 9.45. The quantitative estimate of drug-likeness (QED) is 0.852. The van der Waals surface area contributed by atoms with Crippen molar-refractivity contribution in [1.82, 2.24) is 10.2 Å². The van der Waals surface area contributed by atoms with Crippen molar-refractivity contribution in [3.8, 4) is 0 Å². The highest BCUT2D eigenvalue weighted by atomic mass is 19.1. The lowest BCUT2D eigenvalue weighted by Crippen LogP contribution is -2.46. The van der Waals surface area contributed by atoms with Gasteiger partial charge in [0.25, 0.3) is 0 Å². The van der Waals surface area contributed by atoms with E-state index in [1.165, 1.54) is 12.1 Å². The molecule has 1 unspecified atom stereocenters. The van der Waals surface area contributed by atoms with Gasteiger partial charge in [-0.3, -0.25) is 9.59 Å². The molecule has 0 saturated carbocycles. The summed E-state index contributed by atoms with van der Waals surface area (Å²) in [6.45, 7) is 1.65. The SMILES string of the molecule is O=C(NCCc1cccc(F)c1)C1CCCN(C(=O)Cc2ccccc2)C1. The minimum atomic E-state index is -0.265. The van der Waals surface area contributed by atoms with Gasteiger partial charge in [-0.1, -0.05) is 42.5 Å². The predicted molar refractivity (Wildman–Crippen MR) is 103 cm³/mol. The van der Waals surface area contributed by atoms with Crippen molar-refractivity contribution in [3.63, 3.8) is 0 Å². The molecule has 27 heavy (non-hydrogen) atoms. The van der Waals surface area contributed by atoms with Gasteiger partial charge in [-0.05, 0) is 42.5 Å². The molecule has 0 bridgehead atoms. The van der Waals surface area contributed by atoms with Crippen molar-refractivity contribution in [2.75, 3.05) is 19.6 Å². The van der Waals surface area contributed by atoms with Crippen LogP contribution in [0, 0.1) is 11.7 Å². The van der Waals surface area contributed by atoms with E-state index in [4.69, 9.17) is 0 Å². The van der Waals surface area contributed by atoms with Crippen LogP contribution in [0.4, 0.5) is 4.39 Å². The van der Waals surface area contributed by atoms with Crippen LogP contribution in [0.3, 0.4) is 0 Å². The molecule has 2 aromatic rings. The van der Waals surface area contributed by atoms with Gasteiger partial charge < -0.3 is 10.2 Å². The van der Waals surface area contributed by atoms with Crippen molar-refractivity contribution < 1.29 is 14.0 Å². The van der Waals surface area contributed by atoms with E-state index in [1.54, 1.807) is 11.0 Å². The Kier molecular flexibility index (Phi) is 6.58. The average Bonchev–Trinajstić information content (AvgIpc) is 2.69. The summed E-state index contributed by atoms with van der Waals surface area (Å²) in [6, 6.07) is 16.1. The molecule has 1 fully saturated rings. The van der Waals surface area contributed by atoms with Crippen LogP contribution in [0.25, 0.3) is 0 Å². The van der Waals surface area contributed by atoms with Gasteiger partial charge in [-0.2, -0.15) is 0 Å². The second-order valence-corrected chi connectivity index (χ2v) is 7.01. The molecule has 1 atom stereocenters. The second kappa shape index (κ2) is 9.31. The molecule has 0 radical (unpaired) electrons. The lowest BCUT2D eigenvalue weighted by molar-refractivity contribution is -0.135. The Hall–Kier alpha value is -2.69. The number of piperidine rings is 1. The number of halogens is 1. The number of hydrogen-bond donors (Lipinski definition) is 1. The molecule has 0 aromatic heterocycles. The van der Waals surface area contributed by atoms with E-state index in [2.05, 4.69) is 5.32 Å². The van der Waals surface area contributed by atoms with E-state index in [0.29, 0.717) is 32.5 Å². The number of benzene rings is 2. The highest BCUT2D eigenvalue weighted by Crippen LogP contribution is 2.18. The molecule has 142 valence electrons. The van der Waals surface area contributed by atoms with Crippen molar-refractivity contribution in [2.24, 2.45) is 5.92 Å². The highest BCUT2D eigenvalue weighted by molar-refractivity contribution is 5.82. The van der Waals surface area contributed by atoms with Crippen LogP contribution in [0.5, 0.6) is 0 Å². The number of carbonyl (C=O) groups excluding carboxylic acids is 2. The van der Waals surface area contributed by atoms with E-state index >= 15 is 0 Å². The minimum absolute atomic E-state index is 0.0244. The predicted octanol–water partition coefficient (Wildman–Crippen LogP) is 2.97. The maximum atomic E-state index is 13.2. The molecule has 2 aromatic carbocycles. The molecular weight excluding hydrogens is 343 g/mol. The largest absolute Gasteiger partial charge is 0.355 e. The third-order valence-corrected chi connectivity index (χ3v) is 4.94. The Morgan fingerprint density at radius 3 is 2.63 bits per heavy atom. The minimum Gasteiger partial charge on any atom is -0.355 e. The van der Waals surface area contributed by atoms with Crippen LogP contribution in [0.1, 0.15) is 24.0 Å². The maximum Gasteiger partial charge on any atom is 0.227 e. The van der Waals surface area contributed by atoms with Crippen molar-refractivity contribution in [3.05, 3.63) is 71.5 Å². The maximum absolute atomic E-state index is 13.2. The molecule has 1 N–H and O–H groups in total. The summed E-state index contributed by atoms with van der Waals surface area (Å²) < 4.78 is 13.2. The number of nitrogens with one attached hydrogen (secondary N) is 1. The molecule has 5 heteroatoms.